The molecule has 0 saturated carbocycles. The van der Waals surface area contributed by atoms with E-state index in [1.807, 2.05) is 17.2 Å². The quantitative estimate of drug-likeness (QED) is 0.836. The molecule has 4 heteroatoms. The van der Waals surface area contributed by atoms with Crippen molar-refractivity contribution in [3.05, 3.63) is 29.6 Å². The first kappa shape index (κ1) is 12.0. The van der Waals surface area contributed by atoms with E-state index in [9.17, 15) is 4.79 Å². The second kappa shape index (κ2) is 5.27. The first-order valence-electron chi connectivity index (χ1n) is 6.10. The molecule has 2 heterocycles. The minimum Gasteiger partial charge on any atom is -0.342 e. The molecular formula is C13H19N3O. The van der Waals surface area contributed by atoms with Crippen molar-refractivity contribution >= 4 is 5.91 Å². The molecule has 4 nitrogen and oxygen atoms in total. The third-order valence-corrected chi connectivity index (χ3v) is 3.47. The number of aromatic nitrogens is 1. The minimum atomic E-state index is 0.165. The maximum atomic E-state index is 11.4. The number of rotatable bonds is 2. The molecule has 0 radical (unpaired) electrons. The van der Waals surface area contributed by atoms with Gasteiger partial charge in [-0.2, -0.15) is 0 Å². The lowest BCUT2D eigenvalue weighted by molar-refractivity contribution is -0.130. The molecule has 17 heavy (non-hydrogen) atoms. The number of nitrogens with zero attached hydrogens (tertiary/aromatic N) is 2. The van der Waals surface area contributed by atoms with Crippen molar-refractivity contribution in [3.63, 3.8) is 0 Å². The van der Waals surface area contributed by atoms with Gasteiger partial charge in [-0.05, 0) is 30.0 Å². The minimum absolute atomic E-state index is 0.165. The van der Waals surface area contributed by atoms with Crippen LogP contribution in [0.2, 0.25) is 0 Å². The molecule has 1 unspecified atom stereocenters. The molecular weight excluding hydrogens is 214 g/mol. The number of carbonyl (C=O) groups excluding carboxylic acids is 1. The van der Waals surface area contributed by atoms with Crippen molar-refractivity contribution < 1.29 is 4.79 Å². The molecule has 0 bridgehead atoms. The van der Waals surface area contributed by atoms with Crippen LogP contribution in [0.4, 0.5) is 0 Å². The average molecular weight is 233 g/mol. The van der Waals surface area contributed by atoms with Gasteiger partial charge in [-0.15, -0.1) is 0 Å². The third kappa shape index (κ3) is 2.64. The zero-order valence-electron chi connectivity index (χ0n) is 10.2. The second-order valence-corrected chi connectivity index (χ2v) is 4.58. The van der Waals surface area contributed by atoms with Crippen LogP contribution in [-0.2, 0) is 11.3 Å². The van der Waals surface area contributed by atoms with E-state index in [4.69, 9.17) is 5.73 Å². The number of piperidine rings is 1. The lowest BCUT2D eigenvalue weighted by Gasteiger charge is -2.33. The summed E-state index contributed by atoms with van der Waals surface area (Å²) in [6.07, 6.45) is 5.83. The second-order valence-electron chi connectivity index (χ2n) is 4.58. The molecule has 1 aromatic heterocycles. The molecule has 92 valence electrons. The summed E-state index contributed by atoms with van der Waals surface area (Å²) in [7, 11) is 0. The Hall–Kier alpha value is -1.42. The highest BCUT2D eigenvalue weighted by Crippen LogP contribution is 2.28. The van der Waals surface area contributed by atoms with E-state index in [2.05, 4.69) is 4.98 Å². The van der Waals surface area contributed by atoms with Crippen LogP contribution in [0.5, 0.6) is 0 Å². The first-order valence-corrected chi connectivity index (χ1v) is 6.10. The summed E-state index contributed by atoms with van der Waals surface area (Å²) in [5, 5.41) is 0. The predicted molar refractivity (Wildman–Crippen MR) is 66.4 cm³/mol. The molecule has 0 spiro atoms. The van der Waals surface area contributed by atoms with Crippen LogP contribution in [-0.4, -0.2) is 28.9 Å². The molecule has 1 aliphatic heterocycles. The van der Waals surface area contributed by atoms with E-state index < -0.39 is 0 Å². The summed E-state index contributed by atoms with van der Waals surface area (Å²) in [6, 6.07) is 2.04. The summed E-state index contributed by atoms with van der Waals surface area (Å²) in [5.74, 6) is 0.576. The van der Waals surface area contributed by atoms with E-state index in [0.29, 0.717) is 12.5 Å². The van der Waals surface area contributed by atoms with E-state index in [0.717, 1.165) is 31.5 Å². The van der Waals surface area contributed by atoms with Gasteiger partial charge in [0.15, 0.2) is 0 Å². The van der Waals surface area contributed by atoms with Crippen molar-refractivity contribution in [2.75, 3.05) is 13.1 Å². The van der Waals surface area contributed by atoms with Gasteiger partial charge in [0.25, 0.3) is 0 Å². The highest BCUT2D eigenvalue weighted by molar-refractivity contribution is 5.73. The van der Waals surface area contributed by atoms with E-state index in [1.165, 1.54) is 5.56 Å². The van der Waals surface area contributed by atoms with Crippen LogP contribution >= 0.6 is 0 Å². The Morgan fingerprint density at radius 2 is 2.47 bits per heavy atom. The maximum Gasteiger partial charge on any atom is 0.219 e. The van der Waals surface area contributed by atoms with Crippen molar-refractivity contribution in [2.24, 2.45) is 5.73 Å². The van der Waals surface area contributed by atoms with Gasteiger partial charge in [-0.1, -0.05) is 0 Å². The zero-order valence-corrected chi connectivity index (χ0v) is 10.2. The van der Waals surface area contributed by atoms with Crippen molar-refractivity contribution in [1.29, 1.82) is 0 Å². The van der Waals surface area contributed by atoms with Crippen LogP contribution in [0.15, 0.2) is 18.5 Å². The lowest BCUT2D eigenvalue weighted by atomic mass is 9.88. The van der Waals surface area contributed by atoms with Crippen LogP contribution in [0, 0.1) is 0 Å². The molecule has 1 aliphatic rings. The molecule has 2 N–H and O–H groups in total. The summed E-state index contributed by atoms with van der Waals surface area (Å²) < 4.78 is 0. The predicted octanol–water partition coefficient (Wildman–Crippen LogP) is 1.27. The van der Waals surface area contributed by atoms with Gasteiger partial charge >= 0.3 is 0 Å². The molecule has 2 rings (SSSR count). The van der Waals surface area contributed by atoms with Crippen LogP contribution in [0.3, 0.4) is 0 Å². The van der Waals surface area contributed by atoms with Crippen LogP contribution < -0.4 is 5.73 Å². The van der Waals surface area contributed by atoms with E-state index >= 15 is 0 Å². The SMILES string of the molecule is CC(=O)N1CCCC(c2ccncc2CN)C1. The smallest absolute Gasteiger partial charge is 0.219 e. The number of amides is 1. The normalized spacial score (nSPS) is 20.4. The number of hydrogen-bond acceptors (Lipinski definition) is 3. The maximum absolute atomic E-state index is 11.4. The number of nitrogens with two attached hydrogens (primary N) is 1. The highest BCUT2D eigenvalue weighted by atomic mass is 16.2. The summed E-state index contributed by atoms with van der Waals surface area (Å²) in [4.78, 5) is 17.4. The fourth-order valence-electron chi connectivity index (χ4n) is 2.52. The summed E-state index contributed by atoms with van der Waals surface area (Å²) in [6.45, 7) is 3.85. The Kier molecular flexibility index (Phi) is 3.74. The Bertz CT molecular complexity index is 405. The first-order chi connectivity index (χ1) is 8.22. The molecule has 1 amide bonds. The molecule has 0 aliphatic carbocycles. The molecule has 1 saturated heterocycles. The van der Waals surface area contributed by atoms with Gasteiger partial charge in [-0.3, -0.25) is 9.78 Å². The fourth-order valence-corrected chi connectivity index (χ4v) is 2.52. The Balaban J connectivity index is 2.18. The average Bonchev–Trinajstić information content (AvgIpc) is 2.39. The van der Waals surface area contributed by atoms with Gasteiger partial charge in [0, 0.05) is 44.9 Å². The number of likely N-dealkylation sites (tertiary alicyclic amines) is 1. The largest absolute Gasteiger partial charge is 0.342 e. The highest BCUT2D eigenvalue weighted by Gasteiger charge is 2.24. The topological polar surface area (TPSA) is 59.2 Å². The van der Waals surface area contributed by atoms with E-state index in [1.54, 1.807) is 13.1 Å². The lowest BCUT2D eigenvalue weighted by Crippen LogP contribution is -2.37. The number of pyridine rings is 1. The van der Waals surface area contributed by atoms with Crippen molar-refractivity contribution in [1.82, 2.24) is 9.88 Å². The Morgan fingerprint density at radius 1 is 1.65 bits per heavy atom. The van der Waals surface area contributed by atoms with Crippen molar-refractivity contribution in [3.8, 4) is 0 Å². The standard InChI is InChI=1S/C13H19N3O/c1-10(17)16-6-2-3-11(9-16)13-4-5-15-8-12(13)7-14/h4-5,8,11H,2-3,6-7,9,14H2,1H3. The van der Waals surface area contributed by atoms with Gasteiger partial charge in [0.2, 0.25) is 5.91 Å². The number of hydrogen-bond donors (Lipinski definition) is 1. The molecule has 1 aromatic rings. The fraction of sp³-hybridized carbons (Fsp3) is 0.538. The molecule has 0 aromatic carbocycles. The Labute approximate surface area is 102 Å². The van der Waals surface area contributed by atoms with Gasteiger partial charge in [-0.25, -0.2) is 0 Å². The zero-order chi connectivity index (χ0) is 12.3. The molecule has 1 fully saturated rings. The molecule has 1 atom stereocenters. The van der Waals surface area contributed by atoms with Gasteiger partial charge < -0.3 is 10.6 Å². The summed E-state index contributed by atoms with van der Waals surface area (Å²) >= 11 is 0. The van der Waals surface area contributed by atoms with Crippen LogP contribution in [0.1, 0.15) is 36.8 Å². The summed E-state index contributed by atoms with van der Waals surface area (Å²) in [5.41, 5.74) is 8.09. The Morgan fingerprint density at radius 3 is 3.18 bits per heavy atom. The van der Waals surface area contributed by atoms with Crippen LogP contribution in [0.25, 0.3) is 0 Å². The third-order valence-electron chi connectivity index (χ3n) is 3.47. The number of carbonyl (C=O) groups is 1. The van der Waals surface area contributed by atoms with Gasteiger partial charge in [0.1, 0.15) is 0 Å². The monoisotopic (exact) mass is 233 g/mol. The van der Waals surface area contributed by atoms with Crippen molar-refractivity contribution in [2.45, 2.75) is 32.2 Å². The van der Waals surface area contributed by atoms with E-state index in [-0.39, 0.29) is 5.91 Å². The van der Waals surface area contributed by atoms with Gasteiger partial charge in [0.05, 0.1) is 0 Å².